The number of fused-ring (bicyclic) bond motifs is 1. The molecule has 1 aliphatic heterocycles. The monoisotopic (exact) mass is 270 g/mol. The minimum atomic E-state index is 0.443. The third kappa shape index (κ3) is 2.70. The van der Waals surface area contributed by atoms with Crippen molar-refractivity contribution in [3.8, 4) is 0 Å². The third-order valence-corrected chi connectivity index (χ3v) is 4.61. The van der Waals surface area contributed by atoms with Gasteiger partial charge < -0.3 is 10.2 Å². The Labute approximate surface area is 122 Å². The summed E-state index contributed by atoms with van der Waals surface area (Å²) in [7, 11) is 0. The van der Waals surface area contributed by atoms with Crippen molar-refractivity contribution in [2.45, 2.75) is 58.2 Å². The fourth-order valence-electron chi connectivity index (χ4n) is 3.74. The molecule has 20 heavy (non-hydrogen) atoms. The van der Waals surface area contributed by atoms with Gasteiger partial charge in [-0.25, -0.2) is 0 Å². The molecule has 0 aromatic heterocycles. The molecule has 1 aromatic rings. The van der Waals surface area contributed by atoms with Gasteiger partial charge in [0, 0.05) is 17.4 Å². The average molecular weight is 270 g/mol. The highest BCUT2D eigenvalue weighted by Gasteiger charge is 2.34. The highest BCUT2D eigenvalue weighted by atomic mass is 15.3. The predicted molar refractivity (Wildman–Crippen MR) is 85.5 cm³/mol. The van der Waals surface area contributed by atoms with E-state index < -0.39 is 0 Å². The Balaban J connectivity index is 1.81. The van der Waals surface area contributed by atoms with Gasteiger partial charge >= 0.3 is 0 Å². The van der Waals surface area contributed by atoms with Crippen LogP contribution in [0.15, 0.2) is 42.1 Å². The average Bonchev–Trinajstić information content (AvgIpc) is 2.47. The number of piperidine rings is 1. The van der Waals surface area contributed by atoms with Crippen LogP contribution in [-0.4, -0.2) is 17.1 Å². The number of anilines is 1. The summed E-state index contributed by atoms with van der Waals surface area (Å²) in [6, 6.07) is 11.2. The molecule has 0 saturated carbocycles. The second kappa shape index (κ2) is 5.90. The molecule has 2 atom stereocenters. The van der Waals surface area contributed by atoms with Gasteiger partial charge in [-0.05, 0) is 64.0 Å². The Morgan fingerprint density at radius 3 is 2.65 bits per heavy atom. The highest BCUT2D eigenvalue weighted by molar-refractivity contribution is 5.43. The quantitative estimate of drug-likeness (QED) is 0.862. The largest absolute Gasteiger partial charge is 0.365 e. The van der Waals surface area contributed by atoms with E-state index in [2.05, 4.69) is 60.5 Å². The van der Waals surface area contributed by atoms with E-state index in [0.717, 1.165) is 5.92 Å². The smallest absolute Gasteiger partial charge is 0.0989 e. The van der Waals surface area contributed by atoms with E-state index in [1.807, 2.05) is 0 Å². The molecule has 1 saturated heterocycles. The zero-order valence-corrected chi connectivity index (χ0v) is 12.7. The van der Waals surface area contributed by atoms with E-state index in [4.69, 9.17) is 0 Å². The Bertz CT molecular complexity index is 464. The van der Waals surface area contributed by atoms with Crippen LogP contribution < -0.4 is 5.32 Å². The molecular formula is C18H26N2. The van der Waals surface area contributed by atoms with E-state index in [9.17, 15) is 0 Å². The van der Waals surface area contributed by atoms with Crippen LogP contribution in [0.3, 0.4) is 0 Å². The number of para-hydroxylation sites is 1. The maximum Gasteiger partial charge on any atom is 0.0989 e. The summed E-state index contributed by atoms with van der Waals surface area (Å²) in [4.78, 5) is 2.63. The van der Waals surface area contributed by atoms with E-state index in [1.165, 1.54) is 37.8 Å². The molecule has 108 valence electrons. The summed E-state index contributed by atoms with van der Waals surface area (Å²) in [5.74, 6) is 0.806. The van der Waals surface area contributed by atoms with Crippen molar-refractivity contribution >= 4 is 5.69 Å². The van der Waals surface area contributed by atoms with Crippen LogP contribution in [0.2, 0.25) is 0 Å². The summed E-state index contributed by atoms with van der Waals surface area (Å²) in [6.07, 6.45) is 9.52. The lowest BCUT2D eigenvalue weighted by atomic mass is 9.83. The highest BCUT2D eigenvalue weighted by Crippen LogP contribution is 2.39. The van der Waals surface area contributed by atoms with E-state index in [0.29, 0.717) is 12.2 Å². The lowest BCUT2D eigenvalue weighted by molar-refractivity contribution is 0.137. The van der Waals surface area contributed by atoms with Crippen molar-refractivity contribution in [3.05, 3.63) is 42.1 Å². The van der Waals surface area contributed by atoms with E-state index in [-0.39, 0.29) is 0 Å². The second-order valence-electron chi connectivity index (χ2n) is 6.36. The van der Waals surface area contributed by atoms with Crippen molar-refractivity contribution in [2.24, 2.45) is 5.92 Å². The number of allylic oxidation sites excluding steroid dienone is 2. The summed E-state index contributed by atoms with van der Waals surface area (Å²) >= 11 is 0. The molecule has 2 nitrogen and oxygen atoms in total. The molecule has 2 heteroatoms. The molecule has 3 rings (SSSR count). The molecule has 2 aliphatic rings. The zero-order valence-electron chi connectivity index (χ0n) is 12.7. The number of likely N-dealkylation sites (tertiary alicyclic amines) is 1. The Morgan fingerprint density at radius 1 is 1.10 bits per heavy atom. The van der Waals surface area contributed by atoms with E-state index >= 15 is 0 Å². The topological polar surface area (TPSA) is 15.3 Å². The van der Waals surface area contributed by atoms with Crippen molar-refractivity contribution in [3.63, 3.8) is 0 Å². The normalized spacial score (nSPS) is 26.1. The van der Waals surface area contributed by atoms with Crippen LogP contribution in [0.25, 0.3) is 0 Å². The number of rotatable bonds is 3. The minimum absolute atomic E-state index is 0.443. The van der Waals surface area contributed by atoms with Gasteiger partial charge in [-0.3, -0.25) is 0 Å². The molecule has 2 unspecified atom stereocenters. The SMILES string of the molecule is CC(C)N1C2=CCCCC2CCC1Nc1ccccc1. The Hall–Kier alpha value is -1.44. The zero-order chi connectivity index (χ0) is 13.9. The molecule has 0 bridgehead atoms. The van der Waals surface area contributed by atoms with Crippen LogP contribution in [-0.2, 0) is 0 Å². The Morgan fingerprint density at radius 2 is 1.90 bits per heavy atom. The maximum absolute atomic E-state index is 3.73. The number of nitrogens with zero attached hydrogens (tertiary/aromatic N) is 1. The second-order valence-corrected chi connectivity index (χ2v) is 6.36. The molecular weight excluding hydrogens is 244 g/mol. The Kier molecular flexibility index (Phi) is 4.00. The molecule has 0 amide bonds. The fourth-order valence-corrected chi connectivity index (χ4v) is 3.74. The molecule has 0 spiro atoms. The van der Waals surface area contributed by atoms with Crippen molar-refractivity contribution in [2.75, 3.05) is 5.32 Å². The summed E-state index contributed by atoms with van der Waals surface area (Å²) < 4.78 is 0. The van der Waals surface area contributed by atoms with Gasteiger partial charge in [-0.1, -0.05) is 24.3 Å². The molecule has 0 radical (unpaired) electrons. The first-order valence-corrected chi connectivity index (χ1v) is 8.05. The standard InChI is InChI=1S/C18H26N2/c1-14(2)20-17-11-7-6-8-15(17)12-13-18(20)19-16-9-4-3-5-10-16/h3-5,9-11,14-15,18-19H,6-8,12-13H2,1-2H3. The fraction of sp³-hybridized carbons (Fsp3) is 0.556. The lowest BCUT2D eigenvalue weighted by Gasteiger charge is -2.47. The van der Waals surface area contributed by atoms with Gasteiger partial charge in [0.15, 0.2) is 0 Å². The molecule has 1 N–H and O–H groups in total. The van der Waals surface area contributed by atoms with Crippen LogP contribution >= 0.6 is 0 Å². The van der Waals surface area contributed by atoms with Crippen LogP contribution in [0.4, 0.5) is 5.69 Å². The van der Waals surface area contributed by atoms with E-state index in [1.54, 1.807) is 5.70 Å². The van der Waals surface area contributed by atoms with Crippen LogP contribution in [0.1, 0.15) is 46.0 Å². The third-order valence-electron chi connectivity index (χ3n) is 4.61. The lowest BCUT2D eigenvalue weighted by Crippen LogP contribution is -2.49. The predicted octanol–water partition coefficient (Wildman–Crippen LogP) is 4.61. The molecule has 1 aromatic carbocycles. The molecule has 1 fully saturated rings. The van der Waals surface area contributed by atoms with Gasteiger partial charge in [0.05, 0.1) is 6.17 Å². The number of hydrogen-bond donors (Lipinski definition) is 1. The molecule has 1 heterocycles. The first kappa shape index (κ1) is 13.5. The number of hydrogen-bond acceptors (Lipinski definition) is 2. The molecule has 1 aliphatic carbocycles. The number of nitrogens with one attached hydrogen (secondary N) is 1. The number of benzene rings is 1. The van der Waals surface area contributed by atoms with Crippen molar-refractivity contribution in [1.29, 1.82) is 0 Å². The van der Waals surface area contributed by atoms with Crippen molar-refractivity contribution in [1.82, 2.24) is 4.90 Å². The van der Waals surface area contributed by atoms with Gasteiger partial charge in [0.25, 0.3) is 0 Å². The van der Waals surface area contributed by atoms with Crippen LogP contribution in [0.5, 0.6) is 0 Å². The summed E-state index contributed by atoms with van der Waals surface area (Å²) in [5.41, 5.74) is 2.84. The van der Waals surface area contributed by atoms with Gasteiger partial charge in [-0.2, -0.15) is 0 Å². The van der Waals surface area contributed by atoms with Crippen molar-refractivity contribution < 1.29 is 0 Å². The maximum atomic E-state index is 3.73. The summed E-state index contributed by atoms with van der Waals surface area (Å²) in [6.45, 7) is 4.63. The van der Waals surface area contributed by atoms with Gasteiger partial charge in [0.1, 0.15) is 0 Å². The first-order valence-electron chi connectivity index (χ1n) is 8.05. The van der Waals surface area contributed by atoms with Gasteiger partial charge in [0.2, 0.25) is 0 Å². The minimum Gasteiger partial charge on any atom is -0.365 e. The van der Waals surface area contributed by atoms with Gasteiger partial charge in [-0.15, -0.1) is 0 Å². The summed E-state index contributed by atoms with van der Waals surface area (Å²) in [5, 5.41) is 3.73. The van der Waals surface area contributed by atoms with Crippen LogP contribution in [0, 0.1) is 5.92 Å². The first-order chi connectivity index (χ1) is 9.75.